The number of hydrogen-bond acceptors (Lipinski definition) is 8. The summed E-state index contributed by atoms with van der Waals surface area (Å²) in [6, 6.07) is 11.6. The number of carbonyl (C=O) groups excluding carboxylic acids is 4. The zero-order valence-electron chi connectivity index (χ0n) is 21.6. The van der Waals surface area contributed by atoms with E-state index in [-0.39, 0.29) is 17.4 Å². The molecule has 0 N–H and O–H groups in total. The maximum absolute atomic E-state index is 12.7. The lowest BCUT2D eigenvalue weighted by Gasteiger charge is -2.26. The zero-order chi connectivity index (χ0) is 27.2. The van der Waals surface area contributed by atoms with Crippen LogP contribution in [0.3, 0.4) is 0 Å². The molecule has 2 heterocycles. The summed E-state index contributed by atoms with van der Waals surface area (Å²) in [6.07, 6.45) is 4.85. The van der Waals surface area contributed by atoms with E-state index in [1.807, 2.05) is 29.2 Å². The number of ether oxygens (including phenoxy) is 3. The number of benzene rings is 2. The Balaban J connectivity index is 1.41. The molecule has 0 aliphatic carbocycles. The van der Waals surface area contributed by atoms with E-state index in [2.05, 4.69) is 4.74 Å². The summed E-state index contributed by atoms with van der Waals surface area (Å²) in [7, 11) is 2.72. The molecule has 38 heavy (non-hydrogen) atoms. The van der Waals surface area contributed by atoms with Crippen LogP contribution in [0.4, 0.5) is 4.79 Å². The third-order valence-corrected chi connectivity index (χ3v) is 7.36. The molecule has 2 aliphatic heterocycles. The van der Waals surface area contributed by atoms with Gasteiger partial charge in [-0.25, -0.2) is 4.79 Å². The quantitative estimate of drug-likeness (QED) is 0.358. The third-order valence-electron chi connectivity index (χ3n) is 6.48. The number of esters is 1. The van der Waals surface area contributed by atoms with Gasteiger partial charge in [-0.2, -0.15) is 0 Å². The molecule has 200 valence electrons. The molecule has 2 aromatic rings. The fourth-order valence-corrected chi connectivity index (χ4v) is 5.23. The van der Waals surface area contributed by atoms with Crippen LogP contribution in [0, 0.1) is 0 Å². The van der Waals surface area contributed by atoms with Crippen LogP contribution in [0.1, 0.15) is 47.7 Å². The molecule has 0 aromatic heterocycles. The second-order valence-corrected chi connectivity index (χ2v) is 9.99. The summed E-state index contributed by atoms with van der Waals surface area (Å²) >= 11 is 0.762. The molecule has 10 heteroatoms. The topological polar surface area (TPSA) is 102 Å². The molecule has 0 unspecified atom stereocenters. The highest BCUT2D eigenvalue weighted by atomic mass is 32.2. The van der Waals surface area contributed by atoms with Crippen molar-refractivity contribution >= 4 is 40.9 Å². The summed E-state index contributed by atoms with van der Waals surface area (Å²) in [5.74, 6) is -0.199. The second kappa shape index (κ2) is 12.2. The number of imide groups is 1. The van der Waals surface area contributed by atoms with Crippen LogP contribution in [0.5, 0.6) is 11.5 Å². The fraction of sp³-hybridized carbons (Fsp3) is 0.357. The number of piperidine rings is 1. The highest BCUT2D eigenvalue weighted by molar-refractivity contribution is 8.18. The summed E-state index contributed by atoms with van der Waals surface area (Å²) in [6.45, 7) is 3.34. The first-order valence-corrected chi connectivity index (χ1v) is 13.2. The van der Waals surface area contributed by atoms with Gasteiger partial charge in [0.15, 0.2) is 11.5 Å². The van der Waals surface area contributed by atoms with Crippen molar-refractivity contribution in [2.45, 2.75) is 38.8 Å². The van der Waals surface area contributed by atoms with Gasteiger partial charge < -0.3 is 19.1 Å². The number of hydrogen-bond donors (Lipinski definition) is 0. The molecule has 2 aromatic carbocycles. The van der Waals surface area contributed by atoms with Gasteiger partial charge in [-0.3, -0.25) is 19.3 Å². The molecule has 0 saturated carbocycles. The number of thioether (sulfide) groups is 1. The van der Waals surface area contributed by atoms with Gasteiger partial charge in [-0.15, -0.1) is 0 Å². The molecule has 9 nitrogen and oxygen atoms in total. The molecule has 2 aliphatic rings. The van der Waals surface area contributed by atoms with Crippen LogP contribution < -0.4 is 9.47 Å². The standard InChI is InChI=1S/C28H30N2O7S/c1-18(27(33)36-3)30-26(32)24(38-28(30)34)16-20-9-12-22(23(15-20)35-2)37-17-19-7-10-21(11-8-19)25(31)29-13-5-4-6-14-29/h7-12,15-16,18H,4-6,13-14,17H2,1-3H3/b24-16+/t18-/m0/s1. The predicted molar refractivity (Wildman–Crippen MR) is 143 cm³/mol. The number of amides is 3. The minimum absolute atomic E-state index is 0.0621. The molecule has 1 atom stereocenters. The minimum Gasteiger partial charge on any atom is -0.493 e. The summed E-state index contributed by atoms with van der Waals surface area (Å²) in [5.41, 5.74) is 2.20. The number of nitrogens with zero attached hydrogens (tertiary/aromatic N) is 2. The van der Waals surface area contributed by atoms with Crippen LogP contribution in [-0.4, -0.2) is 66.2 Å². The van der Waals surface area contributed by atoms with Gasteiger partial charge in [0.1, 0.15) is 12.6 Å². The Morgan fingerprint density at radius 3 is 2.37 bits per heavy atom. The fourth-order valence-electron chi connectivity index (χ4n) is 4.32. The molecule has 3 amide bonds. The molecule has 0 bridgehead atoms. The maximum atomic E-state index is 12.7. The van der Waals surface area contributed by atoms with E-state index < -0.39 is 23.2 Å². The average molecular weight is 539 g/mol. The normalized spacial score (nSPS) is 17.5. The van der Waals surface area contributed by atoms with E-state index in [0.29, 0.717) is 22.6 Å². The number of carbonyl (C=O) groups is 4. The highest BCUT2D eigenvalue weighted by Gasteiger charge is 2.41. The number of methoxy groups -OCH3 is 2. The highest BCUT2D eigenvalue weighted by Crippen LogP contribution is 2.36. The smallest absolute Gasteiger partial charge is 0.328 e. The van der Waals surface area contributed by atoms with Gasteiger partial charge in [0, 0.05) is 18.7 Å². The van der Waals surface area contributed by atoms with Crippen molar-refractivity contribution in [1.29, 1.82) is 0 Å². The van der Waals surface area contributed by atoms with Crippen molar-refractivity contribution in [3.63, 3.8) is 0 Å². The van der Waals surface area contributed by atoms with Crippen LogP contribution in [0.2, 0.25) is 0 Å². The Labute approximate surface area is 225 Å². The van der Waals surface area contributed by atoms with Crippen LogP contribution in [0.15, 0.2) is 47.4 Å². The Morgan fingerprint density at radius 1 is 1.00 bits per heavy atom. The molecule has 0 radical (unpaired) electrons. The largest absolute Gasteiger partial charge is 0.493 e. The van der Waals surface area contributed by atoms with Crippen molar-refractivity contribution in [2.24, 2.45) is 0 Å². The minimum atomic E-state index is -1.01. The van der Waals surface area contributed by atoms with E-state index in [9.17, 15) is 19.2 Å². The van der Waals surface area contributed by atoms with Crippen LogP contribution >= 0.6 is 11.8 Å². The molecular weight excluding hydrogens is 508 g/mol. The molecular formula is C28H30N2O7S. The van der Waals surface area contributed by atoms with Gasteiger partial charge >= 0.3 is 5.97 Å². The second-order valence-electron chi connectivity index (χ2n) is 9.00. The zero-order valence-corrected chi connectivity index (χ0v) is 22.4. The Hall–Kier alpha value is -3.79. The van der Waals surface area contributed by atoms with E-state index in [4.69, 9.17) is 9.47 Å². The summed E-state index contributed by atoms with van der Waals surface area (Å²) in [5, 5.41) is -0.533. The first-order valence-electron chi connectivity index (χ1n) is 12.4. The SMILES string of the molecule is COC(=O)[C@H](C)N1C(=O)S/C(=C/c2ccc(OCc3ccc(C(=O)N4CCCCC4)cc3)c(OC)c2)C1=O. The van der Waals surface area contributed by atoms with Gasteiger partial charge in [-0.05, 0) is 79.4 Å². The van der Waals surface area contributed by atoms with E-state index >= 15 is 0 Å². The van der Waals surface area contributed by atoms with Gasteiger partial charge in [0.25, 0.3) is 17.1 Å². The van der Waals surface area contributed by atoms with Crippen LogP contribution in [-0.2, 0) is 20.9 Å². The number of rotatable bonds is 8. The molecule has 2 fully saturated rings. The lowest BCUT2D eigenvalue weighted by atomic mass is 10.1. The Morgan fingerprint density at radius 2 is 1.71 bits per heavy atom. The van der Waals surface area contributed by atoms with E-state index in [1.165, 1.54) is 27.6 Å². The van der Waals surface area contributed by atoms with Crippen molar-refractivity contribution in [3.05, 3.63) is 64.1 Å². The first kappa shape index (κ1) is 27.3. The lowest BCUT2D eigenvalue weighted by Crippen LogP contribution is -2.42. The molecule has 0 spiro atoms. The first-order chi connectivity index (χ1) is 18.3. The lowest BCUT2D eigenvalue weighted by molar-refractivity contribution is -0.148. The van der Waals surface area contributed by atoms with E-state index in [0.717, 1.165) is 48.2 Å². The predicted octanol–water partition coefficient (Wildman–Crippen LogP) is 4.50. The van der Waals surface area contributed by atoms with Crippen LogP contribution in [0.25, 0.3) is 6.08 Å². The monoisotopic (exact) mass is 538 g/mol. The van der Waals surface area contributed by atoms with Crippen molar-refractivity contribution in [1.82, 2.24) is 9.80 Å². The third kappa shape index (κ3) is 6.02. The molecule has 4 rings (SSSR count). The number of likely N-dealkylation sites (tertiary alicyclic amines) is 1. The van der Waals surface area contributed by atoms with Crippen molar-refractivity contribution in [2.75, 3.05) is 27.3 Å². The summed E-state index contributed by atoms with van der Waals surface area (Å²) < 4.78 is 16.1. The van der Waals surface area contributed by atoms with Crippen molar-refractivity contribution in [3.8, 4) is 11.5 Å². The summed E-state index contributed by atoms with van der Waals surface area (Å²) in [4.78, 5) is 52.6. The van der Waals surface area contributed by atoms with E-state index in [1.54, 1.807) is 24.3 Å². The van der Waals surface area contributed by atoms with Crippen molar-refractivity contribution < 1.29 is 33.4 Å². The Bertz CT molecular complexity index is 1250. The molecule has 2 saturated heterocycles. The van der Waals surface area contributed by atoms with Gasteiger partial charge in [-0.1, -0.05) is 18.2 Å². The van der Waals surface area contributed by atoms with Gasteiger partial charge in [0.2, 0.25) is 0 Å². The Kier molecular flexibility index (Phi) is 8.73. The maximum Gasteiger partial charge on any atom is 0.328 e. The average Bonchev–Trinajstić information content (AvgIpc) is 3.23. The van der Waals surface area contributed by atoms with Gasteiger partial charge in [0.05, 0.1) is 19.1 Å².